The zero-order chi connectivity index (χ0) is 23.6. The molecule has 1 atom stereocenters. The Morgan fingerprint density at radius 3 is 2.50 bits per heavy atom. The van der Waals surface area contributed by atoms with Gasteiger partial charge in [0.2, 0.25) is 5.88 Å². The summed E-state index contributed by atoms with van der Waals surface area (Å²) in [6.45, 7) is 6.59. The third-order valence-corrected chi connectivity index (χ3v) is 4.74. The molecule has 3 aromatic rings. The van der Waals surface area contributed by atoms with Crippen molar-refractivity contribution in [3.8, 4) is 17.3 Å². The van der Waals surface area contributed by atoms with Crippen LogP contribution in [0.2, 0.25) is 0 Å². The maximum absolute atomic E-state index is 13.3. The summed E-state index contributed by atoms with van der Waals surface area (Å²) in [7, 11) is 0. The molecule has 1 aromatic carbocycles. The number of aliphatic hydroxyl groups is 1. The summed E-state index contributed by atoms with van der Waals surface area (Å²) in [5.41, 5.74) is -0.342. The first kappa shape index (κ1) is 23.6. The van der Waals surface area contributed by atoms with Crippen LogP contribution in [0.25, 0.3) is 16.5 Å². The molecule has 0 aliphatic heterocycles. The van der Waals surface area contributed by atoms with Crippen molar-refractivity contribution in [1.82, 2.24) is 19.3 Å². The van der Waals surface area contributed by atoms with E-state index >= 15 is 0 Å². The van der Waals surface area contributed by atoms with Gasteiger partial charge in [0.1, 0.15) is 12.4 Å². The molecule has 0 aliphatic carbocycles. The second-order valence-corrected chi connectivity index (χ2v) is 7.68. The second-order valence-electron chi connectivity index (χ2n) is 7.68. The van der Waals surface area contributed by atoms with E-state index in [2.05, 4.69) is 10.1 Å². The van der Waals surface area contributed by atoms with Gasteiger partial charge in [-0.3, -0.25) is 4.57 Å². The highest BCUT2D eigenvalue weighted by molar-refractivity contribution is 5.94. The van der Waals surface area contributed by atoms with Gasteiger partial charge in [-0.05, 0) is 37.3 Å². The van der Waals surface area contributed by atoms with Gasteiger partial charge in [0.05, 0.1) is 17.7 Å². The smallest absolute Gasteiger partial charge is 0.425 e. The third-order valence-electron chi connectivity index (χ3n) is 4.74. The van der Waals surface area contributed by atoms with Gasteiger partial charge in [-0.2, -0.15) is 17.9 Å². The lowest BCUT2D eigenvalue weighted by atomic mass is 10.1. The number of fused-ring (bicyclic) bond motifs is 1. The molecule has 0 saturated carbocycles. The van der Waals surface area contributed by atoms with Crippen molar-refractivity contribution in [2.45, 2.75) is 53.1 Å². The molecule has 32 heavy (non-hydrogen) atoms. The fourth-order valence-corrected chi connectivity index (χ4v) is 3.10. The molecular formula is C21H25F3N4O4. The summed E-state index contributed by atoms with van der Waals surface area (Å²) in [6.07, 6.45) is -5.25. The number of nitrogens with zero attached hydrogens (tertiary/aromatic N) is 4. The largest absolute Gasteiger partial charge is 0.480 e. The van der Waals surface area contributed by atoms with E-state index in [1.165, 1.54) is 16.8 Å². The lowest BCUT2D eigenvalue weighted by molar-refractivity contribution is -0.189. The molecule has 0 bridgehead atoms. The maximum atomic E-state index is 13.3. The quantitative estimate of drug-likeness (QED) is 0.561. The monoisotopic (exact) mass is 454 g/mol. The second kappa shape index (κ2) is 9.19. The van der Waals surface area contributed by atoms with Crippen LogP contribution in [0.4, 0.5) is 13.2 Å². The van der Waals surface area contributed by atoms with Gasteiger partial charge in [0, 0.05) is 18.8 Å². The molecule has 1 N–H and O–H groups in total. The summed E-state index contributed by atoms with van der Waals surface area (Å²) in [4.78, 5) is 16.9. The van der Waals surface area contributed by atoms with Crippen LogP contribution >= 0.6 is 0 Å². The first-order valence-electron chi connectivity index (χ1n) is 10.2. The number of aliphatic hydroxyl groups excluding tert-OH is 1. The first-order chi connectivity index (χ1) is 15.1. The third kappa shape index (κ3) is 4.72. The average Bonchev–Trinajstić information content (AvgIpc) is 3.06. The van der Waals surface area contributed by atoms with Gasteiger partial charge < -0.3 is 14.6 Å². The van der Waals surface area contributed by atoms with Crippen LogP contribution in [0.5, 0.6) is 11.6 Å². The Morgan fingerprint density at radius 1 is 1.22 bits per heavy atom. The van der Waals surface area contributed by atoms with Gasteiger partial charge in [0.25, 0.3) is 0 Å². The minimum atomic E-state index is -4.60. The van der Waals surface area contributed by atoms with Crippen LogP contribution < -0.4 is 15.2 Å². The zero-order valence-corrected chi connectivity index (χ0v) is 18.2. The number of pyridine rings is 1. The molecular weight excluding hydrogens is 429 g/mol. The van der Waals surface area contributed by atoms with Crippen LogP contribution in [-0.2, 0) is 13.2 Å². The minimum Gasteiger partial charge on any atom is -0.480 e. The fraction of sp³-hybridized carbons (Fsp3) is 0.476. The van der Waals surface area contributed by atoms with E-state index in [1.54, 1.807) is 19.1 Å². The Bertz CT molecular complexity index is 1150. The molecule has 2 heterocycles. The SMILES string of the molecule is CCn1c(CO)nn(-c2cc(O[C@@H](C)C(F)(F)F)c3c(OCC(C)C)nccc3c2)c1=O. The first-order valence-corrected chi connectivity index (χ1v) is 10.2. The summed E-state index contributed by atoms with van der Waals surface area (Å²) < 4.78 is 53.1. The number of hydrogen-bond acceptors (Lipinski definition) is 6. The minimum absolute atomic E-state index is 0.134. The Balaban J connectivity index is 2.23. The van der Waals surface area contributed by atoms with Gasteiger partial charge in [-0.15, -0.1) is 5.10 Å². The fourth-order valence-electron chi connectivity index (χ4n) is 3.10. The lowest BCUT2D eigenvalue weighted by Gasteiger charge is -2.20. The van der Waals surface area contributed by atoms with Crippen molar-refractivity contribution in [1.29, 1.82) is 0 Å². The number of alkyl halides is 3. The number of benzene rings is 1. The topological polar surface area (TPSA) is 91.4 Å². The van der Waals surface area contributed by atoms with E-state index in [4.69, 9.17) is 9.47 Å². The molecule has 8 nitrogen and oxygen atoms in total. The summed E-state index contributed by atoms with van der Waals surface area (Å²) in [5, 5.41) is 14.3. The van der Waals surface area contributed by atoms with E-state index in [0.717, 1.165) is 11.6 Å². The number of rotatable bonds is 8. The van der Waals surface area contributed by atoms with Crippen LogP contribution in [0, 0.1) is 5.92 Å². The summed E-state index contributed by atoms with van der Waals surface area (Å²) >= 11 is 0. The molecule has 174 valence electrons. The zero-order valence-electron chi connectivity index (χ0n) is 18.2. The highest BCUT2D eigenvalue weighted by Gasteiger charge is 2.38. The summed E-state index contributed by atoms with van der Waals surface area (Å²) in [6, 6.07) is 4.46. The maximum Gasteiger partial charge on any atom is 0.425 e. The van der Waals surface area contributed by atoms with Crippen molar-refractivity contribution in [3.05, 3.63) is 40.7 Å². The number of hydrogen-bond donors (Lipinski definition) is 1. The molecule has 0 spiro atoms. The molecule has 0 radical (unpaired) electrons. The van der Waals surface area contributed by atoms with E-state index in [1.807, 2.05) is 13.8 Å². The molecule has 2 aromatic heterocycles. The van der Waals surface area contributed by atoms with Gasteiger partial charge >= 0.3 is 11.9 Å². The highest BCUT2D eigenvalue weighted by Crippen LogP contribution is 2.37. The Morgan fingerprint density at radius 2 is 1.94 bits per heavy atom. The van der Waals surface area contributed by atoms with Gasteiger partial charge in [-0.25, -0.2) is 9.78 Å². The molecule has 11 heteroatoms. The molecule has 3 rings (SSSR count). The van der Waals surface area contributed by atoms with E-state index in [9.17, 15) is 23.1 Å². The normalized spacial score (nSPS) is 13.0. The van der Waals surface area contributed by atoms with Gasteiger partial charge in [0.15, 0.2) is 11.9 Å². The molecule has 0 aliphatic rings. The van der Waals surface area contributed by atoms with Crippen molar-refractivity contribution in [2.75, 3.05) is 6.61 Å². The predicted octanol–water partition coefficient (Wildman–Crippen LogP) is 3.46. The van der Waals surface area contributed by atoms with Crippen molar-refractivity contribution in [3.63, 3.8) is 0 Å². The molecule has 0 amide bonds. The van der Waals surface area contributed by atoms with Crippen LogP contribution in [0.1, 0.15) is 33.5 Å². The number of aromatic nitrogens is 4. The van der Waals surface area contributed by atoms with Crippen LogP contribution in [0.15, 0.2) is 29.2 Å². The standard InChI is InChI=1S/C21H25F3N4O4/c1-5-27-17(10-29)26-28(20(27)30)15-8-14-6-7-25-19(31-11-12(2)3)18(14)16(9-15)32-13(4)21(22,23)24/h6-9,12-13,29H,5,10-11H2,1-4H3/t13-/m0/s1. The van der Waals surface area contributed by atoms with E-state index < -0.39 is 24.6 Å². The van der Waals surface area contributed by atoms with E-state index in [-0.39, 0.29) is 41.0 Å². The van der Waals surface area contributed by atoms with Gasteiger partial charge in [-0.1, -0.05) is 13.8 Å². The number of ether oxygens (including phenoxy) is 2. The Labute approximate surface area is 182 Å². The lowest BCUT2D eigenvalue weighted by Crippen LogP contribution is -2.31. The molecule has 0 unspecified atom stereocenters. The molecule has 0 fully saturated rings. The van der Waals surface area contributed by atoms with E-state index in [0.29, 0.717) is 12.0 Å². The Hall–Kier alpha value is -3.08. The Kier molecular flexibility index (Phi) is 6.77. The van der Waals surface area contributed by atoms with Crippen LogP contribution in [0.3, 0.4) is 0 Å². The van der Waals surface area contributed by atoms with Crippen molar-refractivity contribution >= 4 is 10.8 Å². The van der Waals surface area contributed by atoms with Crippen molar-refractivity contribution in [2.24, 2.45) is 5.92 Å². The average molecular weight is 454 g/mol. The van der Waals surface area contributed by atoms with Crippen molar-refractivity contribution < 1.29 is 27.8 Å². The predicted molar refractivity (Wildman–Crippen MR) is 111 cm³/mol. The van der Waals surface area contributed by atoms with Crippen LogP contribution in [-0.4, -0.2) is 43.3 Å². The molecule has 0 saturated heterocycles. The summed E-state index contributed by atoms with van der Waals surface area (Å²) in [5.74, 6) is 0.296. The number of halogens is 3. The highest BCUT2D eigenvalue weighted by atomic mass is 19.4.